The molecule has 1 aliphatic rings. The SMILES string of the molecule is Cc1nccn1CC1CCc2c(c3ccccc3n2C)/C1=N/OCc1cccnc1. The molecular formula is C24H25N5O. The molecule has 0 saturated heterocycles. The van der Waals surface area contributed by atoms with Crippen LogP contribution in [-0.2, 0) is 31.5 Å². The van der Waals surface area contributed by atoms with E-state index < -0.39 is 0 Å². The van der Waals surface area contributed by atoms with E-state index in [-0.39, 0.29) is 5.92 Å². The summed E-state index contributed by atoms with van der Waals surface area (Å²) in [4.78, 5) is 14.4. The van der Waals surface area contributed by atoms with Crippen molar-refractivity contribution in [1.82, 2.24) is 19.1 Å². The van der Waals surface area contributed by atoms with Crippen LogP contribution in [0.3, 0.4) is 0 Å². The van der Waals surface area contributed by atoms with Crippen molar-refractivity contribution in [2.75, 3.05) is 0 Å². The van der Waals surface area contributed by atoms with Crippen LogP contribution in [0, 0.1) is 12.8 Å². The summed E-state index contributed by atoms with van der Waals surface area (Å²) in [5, 5.41) is 5.96. The first-order valence-electron chi connectivity index (χ1n) is 10.4. The molecule has 1 aromatic carbocycles. The number of aryl methyl sites for hydroxylation is 2. The van der Waals surface area contributed by atoms with E-state index in [9.17, 15) is 0 Å². The summed E-state index contributed by atoms with van der Waals surface area (Å²) >= 11 is 0. The van der Waals surface area contributed by atoms with Crippen LogP contribution in [0.25, 0.3) is 10.9 Å². The number of pyridine rings is 1. The molecule has 1 aliphatic carbocycles. The molecule has 30 heavy (non-hydrogen) atoms. The van der Waals surface area contributed by atoms with Crippen LogP contribution < -0.4 is 0 Å². The molecule has 3 heterocycles. The zero-order valence-electron chi connectivity index (χ0n) is 17.3. The molecule has 0 bridgehead atoms. The van der Waals surface area contributed by atoms with Gasteiger partial charge in [0.15, 0.2) is 0 Å². The Labute approximate surface area is 175 Å². The highest BCUT2D eigenvalue weighted by Gasteiger charge is 2.31. The number of benzene rings is 1. The minimum atomic E-state index is 0.269. The van der Waals surface area contributed by atoms with Crippen molar-refractivity contribution < 1.29 is 4.84 Å². The van der Waals surface area contributed by atoms with Gasteiger partial charge in [0.1, 0.15) is 12.4 Å². The normalized spacial score (nSPS) is 17.4. The van der Waals surface area contributed by atoms with Crippen LogP contribution in [0.5, 0.6) is 0 Å². The highest BCUT2D eigenvalue weighted by Crippen LogP contribution is 2.35. The first-order chi connectivity index (χ1) is 14.7. The predicted octanol–water partition coefficient (Wildman–Crippen LogP) is 4.26. The number of para-hydroxylation sites is 1. The van der Waals surface area contributed by atoms with Crippen LogP contribution >= 0.6 is 0 Å². The van der Waals surface area contributed by atoms with Crippen molar-refractivity contribution in [2.45, 2.75) is 32.9 Å². The first-order valence-corrected chi connectivity index (χ1v) is 10.4. The van der Waals surface area contributed by atoms with Crippen LogP contribution in [0.4, 0.5) is 0 Å². The molecule has 0 spiro atoms. The van der Waals surface area contributed by atoms with Crippen LogP contribution in [0.2, 0.25) is 0 Å². The molecule has 3 aromatic heterocycles. The van der Waals surface area contributed by atoms with Crippen LogP contribution in [0.1, 0.15) is 29.1 Å². The van der Waals surface area contributed by atoms with E-state index >= 15 is 0 Å². The quantitative estimate of drug-likeness (QED) is 0.471. The van der Waals surface area contributed by atoms with Gasteiger partial charge in [0.25, 0.3) is 0 Å². The fourth-order valence-corrected chi connectivity index (χ4v) is 4.47. The Balaban J connectivity index is 1.55. The Morgan fingerprint density at radius 1 is 1.17 bits per heavy atom. The second-order valence-corrected chi connectivity index (χ2v) is 7.87. The highest BCUT2D eigenvalue weighted by molar-refractivity contribution is 6.13. The van der Waals surface area contributed by atoms with Gasteiger partial charge in [-0.25, -0.2) is 4.98 Å². The van der Waals surface area contributed by atoms with E-state index in [1.807, 2.05) is 37.6 Å². The number of hydrogen-bond acceptors (Lipinski definition) is 4. The van der Waals surface area contributed by atoms with Gasteiger partial charge in [0, 0.05) is 72.0 Å². The smallest absolute Gasteiger partial charge is 0.143 e. The van der Waals surface area contributed by atoms with Crippen molar-refractivity contribution in [3.8, 4) is 0 Å². The lowest BCUT2D eigenvalue weighted by Crippen LogP contribution is -2.28. The maximum Gasteiger partial charge on any atom is 0.143 e. The molecule has 6 nitrogen and oxygen atoms in total. The van der Waals surface area contributed by atoms with E-state index in [0.717, 1.165) is 36.5 Å². The fraction of sp³-hybridized carbons (Fsp3) is 0.292. The molecule has 0 aliphatic heterocycles. The Hall–Kier alpha value is -3.41. The highest BCUT2D eigenvalue weighted by atomic mass is 16.6. The minimum absolute atomic E-state index is 0.269. The number of aromatic nitrogens is 4. The number of hydrogen-bond donors (Lipinski definition) is 0. The number of nitrogens with zero attached hydrogens (tertiary/aromatic N) is 5. The van der Waals surface area contributed by atoms with Crippen molar-refractivity contribution >= 4 is 16.6 Å². The van der Waals surface area contributed by atoms with E-state index in [2.05, 4.69) is 50.4 Å². The molecule has 5 rings (SSSR count). The lowest BCUT2D eigenvalue weighted by molar-refractivity contribution is 0.128. The average molecular weight is 399 g/mol. The fourth-order valence-electron chi connectivity index (χ4n) is 4.47. The average Bonchev–Trinajstić information content (AvgIpc) is 3.31. The number of oxime groups is 1. The Bertz CT molecular complexity index is 1210. The lowest BCUT2D eigenvalue weighted by atomic mass is 9.84. The third kappa shape index (κ3) is 3.28. The third-order valence-electron chi connectivity index (χ3n) is 6.06. The summed E-state index contributed by atoms with van der Waals surface area (Å²) in [7, 11) is 2.15. The van der Waals surface area contributed by atoms with Gasteiger partial charge in [-0.1, -0.05) is 29.4 Å². The Morgan fingerprint density at radius 2 is 2.07 bits per heavy atom. The second-order valence-electron chi connectivity index (χ2n) is 7.87. The van der Waals surface area contributed by atoms with Gasteiger partial charge >= 0.3 is 0 Å². The molecule has 0 fully saturated rings. The third-order valence-corrected chi connectivity index (χ3v) is 6.06. The summed E-state index contributed by atoms with van der Waals surface area (Å²) in [6.45, 7) is 3.31. The Kier molecular flexibility index (Phi) is 4.83. The monoisotopic (exact) mass is 399 g/mol. The molecule has 152 valence electrons. The molecule has 0 N–H and O–H groups in total. The minimum Gasteiger partial charge on any atom is -0.391 e. The van der Waals surface area contributed by atoms with E-state index in [1.165, 1.54) is 22.2 Å². The van der Waals surface area contributed by atoms with E-state index in [4.69, 9.17) is 9.99 Å². The number of rotatable bonds is 5. The molecule has 0 saturated carbocycles. The molecule has 1 unspecified atom stereocenters. The number of fused-ring (bicyclic) bond motifs is 3. The zero-order chi connectivity index (χ0) is 20.5. The summed E-state index contributed by atoms with van der Waals surface area (Å²) < 4.78 is 4.51. The van der Waals surface area contributed by atoms with Crippen LogP contribution in [0.15, 0.2) is 66.3 Å². The van der Waals surface area contributed by atoms with Gasteiger partial charge < -0.3 is 14.0 Å². The largest absolute Gasteiger partial charge is 0.391 e. The lowest BCUT2D eigenvalue weighted by Gasteiger charge is -2.26. The van der Waals surface area contributed by atoms with Crippen molar-refractivity contribution in [3.63, 3.8) is 0 Å². The predicted molar refractivity (Wildman–Crippen MR) is 117 cm³/mol. The van der Waals surface area contributed by atoms with Gasteiger partial charge in [-0.2, -0.15) is 0 Å². The first kappa shape index (κ1) is 18.6. The molecule has 1 atom stereocenters. The van der Waals surface area contributed by atoms with Gasteiger partial charge in [-0.3, -0.25) is 4.98 Å². The van der Waals surface area contributed by atoms with Crippen molar-refractivity contribution in [1.29, 1.82) is 0 Å². The molecular weight excluding hydrogens is 374 g/mol. The maximum absolute atomic E-state index is 5.87. The molecule has 4 aromatic rings. The standard InChI is InChI=1S/C24H25N5O/c1-17-26-12-13-29(17)15-19-9-10-22-23(20-7-3-4-8-21(20)28(22)2)24(19)27-30-16-18-6-5-11-25-14-18/h3-8,11-14,19H,9-10,15-16H2,1-2H3/b27-24+. The summed E-state index contributed by atoms with van der Waals surface area (Å²) in [5.41, 5.74) is 5.84. The van der Waals surface area contributed by atoms with Gasteiger partial charge in [-0.05, 0) is 31.9 Å². The maximum atomic E-state index is 5.87. The van der Waals surface area contributed by atoms with Gasteiger partial charge in [0.2, 0.25) is 0 Å². The van der Waals surface area contributed by atoms with Crippen molar-refractivity contribution in [2.24, 2.45) is 18.1 Å². The number of imidazole rings is 1. The van der Waals surface area contributed by atoms with E-state index in [1.54, 1.807) is 6.20 Å². The zero-order valence-corrected chi connectivity index (χ0v) is 17.3. The van der Waals surface area contributed by atoms with Gasteiger partial charge in [-0.15, -0.1) is 0 Å². The molecule has 6 heteroatoms. The Morgan fingerprint density at radius 3 is 2.87 bits per heavy atom. The molecule has 0 radical (unpaired) electrons. The topological polar surface area (TPSA) is 57.2 Å². The molecule has 0 amide bonds. The summed E-state index contributed by atoms with van der Waals surface area (Å²) in [6.07, 6.45) is 9.54. The van der Waals surface area contributed by atoms with Gasteiger partial charge in [0.05, 0.1) is 5.71 Å². The second kappa shape index (κ2) is 7.78. The van der Waals surface area contributed by atoms with Crippen LogP contribution in [-0.4, -0.2) is 24.8 Å². The summed E-state index contributed by atoms with van der Waals surface area (Å²) in [5.74, 6) is 1.29. The van der Waals surface area contributed by atoms with Crippen molar-refractivity contribution in [3.05, 3.63) is 83.8 Å². The van der Waals surface area contributed by atoms with E-state index in [0.29, 0.717) is 6.61 Å². The summed E-state index contributed by atoms with van der Waals surface area (Å²) in [6, 6.07) is 12.5.